The highest BCUT2D eigenvalue weighted by Gasteiger charge is 2.19. The van der Waals surface area contributed by atoms with Crippen LogP contribution in [0, 0.1) is 0 Å². The van der Waals surface area contributed by atoms with Gasteiger partial charge in [0.25, 0.3) is 0 Å². The lowest BCUT2D eigenvalue weighted by Gasteiger charge is -2.32. The minimum Gasteiger partial charge on any atom is -0.314 e. The van der Waals surface area contributed by atoms with Crippen LogP contribution >= 0.6 is 0 Å². The highest BCUT2D eigenvalue weighted by molar-refractivity contribution is 5.03. The summed E-state index contributed by atoms with van der Waals surface area (Å²) in [6, 6.07) is 2.52. The fourth-order valence-corrected chi connectivity index (χ4v) is 2.04. The summed E-state index contributed by atoms with van der Waals surface area (Å²) in [5, 5.41) is 3.42. The molecule has 1 aliphatic heterocycles. The van der Waals surface area contributed by atoms with Crippen molar-refractivity contribution in [3.63, 3.8) is 0 Å². The van der Waals surface area contributed by atoms with Gasteiger partial charge in [0.15, 0.2) is 0 Å². The Morgan fingerprint density at radius 2 is 2.44 bits per heavy atom. The standard InChI is InChI=1S/C12H20N4/c1-3-10-4-5-14-12(15-10)8-11-9-13-6-7-16(11)2/h4-5,11,13H,3,6-9H2,1-2H3. The summed E-state index contributed by atoms with van der Waals surface area (Å²) in [4.78, 5) is 11.3. The first kappa shape index (κ1) is 11.5. The van der Waals surface area contributed by atoms with Crippen molar-refractivity contribution < 1.29 is 0 Å². The van der Waals surface area contributed by atoms with E-state index in [1.807, 2.05) is 12.3 Å². The third-order valence-corrected chi connectivity index (χ3v) is 3.19. The van der Waals surface area contributed by atoms with E-state index in [-0.39, 0.29) is 0 Å². The number of hydrogen-bond acceptors (Lipinski definition) is 4. The zero-order valence-corrected chi connectivity index (χ0v) is 10.1. The Morgan fingerprint density at radius 3 is 3.19 bits per heavy atom. The van der Waals surface area contributed by atoms with E-state index in [0.29, 0.717) is 6.04 Å². The summed E-state index contributed by atoms with van der Waals surface area (Å²) >= 11 is 0. The Balaban J connectivity index is 2.01. The normalized spacial score (nSPS) is 22.2. The van der Waals surface area contributed by atoms with Gasteiger partial charge in [0, 0.05) is 44.0 Å². The monoisotopic (exact) mass is 220 g/mol. The minimum atomic E-state index is 0.529. The number of hydrogen-bond donors (Lipinski definition) is 1. The molecule has 4 heteroatoms. The van der Waals surface area contributed by atoms with Gasteiger partial charge in [0.2, 0.25) is 0 Å². The van der Waals surface area contributed by atoms with Crippen molar-refractivity contribution in [2.24, 2.45) is 0 Å². The van der Waals surface area contributed by atoms with E-state index in [9.17, 15) is 0 Å². The van der Waals surface area contributed by atoms with Crippen LogP contribution in [0.5, 0.6) is 0 Å². The van der Waals surface area contributed by atoms with E-state index in [4.69, 9.17) is 0 Å². The van der Waals surface area contributed by atoms with Gasteiger partial charge in [0.05, 0.1) is 0 Å². The third kappa shape index (κ3) is 2.77. The molecule has 0 amide bonds. The fraction of sp³-hybridized carbons (Fsp3) is 0.667. The quantitative estimate of drug-likeness (QED) is 0.804. The highest BCUT2D eigenvalue weighted by Crippen LogP contribution is 2.06. The van der Waals surface area contributed by atoms with Crippen LogP contribution in [-0.2, 0) is 12.8 Å². The van der Waals surface area contributed by atoms with E-state index in [0.717, 1.165) is 44.0 Å². The van der Waals surface area contributed by atoms with Crippen molar-refractivity contribution in [1.82, 2.24) is 20.2 Å². The van der Waals surface area contributed by atoms with E-state index in [2.05, 4.69) is 34.2 Å². The number of aromatic nitrogens is 2. The van der Waals surface area contributed by atoms with E-state index < -0.39 is 0 Å². The van der Waals surface area contributed by atoms with Crippen molar-refractivity contribution >= 4 is 0 Å². The van der Waals surface area contributed by atoms with Crippen molar-refractivity contribution in [3.05, 3.63) is 23.8 Å². The predicted molar refractivity (Wildman–Crippen MR) is 64.4 cm³/mol. The molecule has 88 valence electrons. The smallest absolute Gasteiger partial charge is 0.130 e. The summed E-state index contributed by atoms with van der Waals surface area (Å²) in [6.07, 6.45) is 3.79. The van der Waals surface area contributed by atoms with Crippen LogP contribution in [0.15, 0.2) is 12.3 Å². The van der Waals surface area contributed by atoms with Crippen molar-refractivity contribution in [2.75, 3.05) is 26.7 Å². The molecule has 1 saturated heterocycles. The van der Waals surface area contributed by atoms with Crippen LogP contribution in [0.1, 0.15) is 18.4 Å². The molecule has 1 fully saturated rings. The Labute approximate surface area is 97.1 Å². The summed E-state index contributed by atoms with van der Waals surface area (Å²) in [7, 11) is 2.18. The van der Waals surface area contributed by atoms with Gasteiger partial charge in [0.1, 0.15) is 5.82 Å². The first-order chi connectivity index (χ1) is 7.79. The van der Waals surface area contributed by atoms with Gasteiger partial charge in [-0.1, -0.05) is 6.92 Å². The second kappa shape index (κ2) is 5.37. The van der Waals surface area contributed by atoms with E-state index >= 15 is 0 Å². The minimum absolute atomic E-state index is 0.529. The number of piperazine rings is 1. The molecule has 0 aromatic carbocycles. The Morgan fingerprint density at radius 1 is 1.56 bits per heavy atom. The molecular weight excluding hydrogens is 200 g/mol. The molecule has 1 unspecified atom stereocenters. The molecule has 1 aliphatic rings. The molecule has 0 radical (unpaired) electrons. The molecule has 0 spiro atoms. The molecule has 0 saturated carbocycles. The van der Waals surface area contributed by atoms with Crippen LogP contribution in [-0.4, -0.2) is 47.6 Å². The molecule has 1 aromatic rings. The third-order valence-electron chi connectivity index (χ3n) is 3.19. The topological polar surface area (TPSA) is 41.1 Å². The lowest BCUT2D eigenvalue weighted by atomic mass is 10.1. The molecule has 4 nitrogen and oxygen atoms in total. The second-order valence-corrected chi connectivity index (χ2v) is 4.36. The summed E-state index contributed by atoms with van der Waals surface area (Å²) in [5.74, 6) is 0.972. The van der Waals surface area contributed by atoms with Crippen LogP contribution in [0.3, 0.4) is 0 Å². The molecule has 2 heterocycles. The van der Waals surface area contributed by atoms with Gasteiger partial charge in [-0.2, -0.15) is 0 Å². The lowest BCUT2D eigenvalue weighted by Crippen LogP contribution is -2.50. The van der Waals surface area contributed by atoms with Crippen LogP contribution in [0.25, 0.3) is 0 Å². The molecular formula is C12H20N4. The highest BCUT2D eigenvalue weighted by atomic mass is 15.2. The number of likely N-dealkylation sites (N-methyl/N-ethyl adjacent to an activating group) is 1. The molecule has 0 bridgehead atoms. The van der Waals surface area contributed by atoms with Gasteiger partial charge in [-0.05, 0) is 19.5 Å². The summed E-state index contributed by atoms with van der Waals surface area (Å²) < 4.78 is 0. The number of rotatable bonds is 3. The van der Waals surface area contributed by atoms with Crippen LogP contribution in [0.2, 0.25) is 0 Å². The number of nitrogens with one attached hydrogen (secondary N) is 1. The average Bonchev–Trinajstić information content (AvgIpc) is 2.32. The van der Waals surface area contributed by atoms with Crippen molar-refractivity contribution in [2.45, 2.75) is 25.8 Å². The van der Waals surface area contributed by atoms with Gasteiger partial charge in [-0.25, -0.2) is 9.97 Å². The molecule has 1 atom stereocenters. The van der Waals surface area contributed by atoms with Crippen LogP contribution in [0.4, 0.5) is 0 Å². The van der Waals surface area contributed by atoms with Crippen molar-refractivity contribution in [3.8, 4) is 0 Å². The largest absolute Gasteiger partial charge is 0.314 e. The Bertz CT molecular complexity index is 340. The zero-order valence-electron chi connectivity index (χ0n) is 10.1. The SMILES string of the molecule is CCc1ccnc(CC2CNCCN2C)n1. The maximum atomic E-state index is 4.55. The summed E-state index contributed by atoms with van der Waals surface area (Å²) in [6.45, 7) is 5.36. The maximum Gasteiger partial charge on any atom is 0.130 e. The molecule has 1 N–H and O–H groups in total. The fourth-order valence-electron chi connectivity index (χ4n) is 2.04. The van der Waals surface area contributed by atoms with Gasteiger partial charge >= 0.3 is 0 Å². The molecule has 0 aliphatic carbocycles. The first-order valence-electron chi connectivity index (χ1n) is 6.01. The molecule has 16 heavy (non-hydrogen) atoms. The average molecular weight is 220 g/mol. The van der Waals surface area contributed by atoms with Gasteiger partial charge in [-0.3, -0.25) is 0 Å². The second-order valence-electron chi connectivity index (χ2n) is 4.36. The van der Waals surface area contributed by atoms with E-state index in [1.165, 1.54) is 0 Å². The van der Waals surface area contributed by atoms with Gasteiger partial charge < -0.3 is 10.2 Å². The van der Waals surface area contributed by atoms with Crippen molar-refractivity contribution in [1.29, 1.82) is 0 Å². The first-order valence-corrected chi connectivity index (χ1v) is 6.01. The molecule has 2 rings (SSSR count). The lowest BCUT2D eigenvalue weighted by molar-refractivity contribution is 0.197. The van der Waals surface area contributed by atoms with Crippen LogP contribution < -0.4 is 5.32 Å². The maximum absolute atomic E-state index is 4.55. The molecule has 1 aromatic heterocycles. The van der Waals surface area contributed by atoms with E-state index in [1.54, 1.807) is 0 Å². The number of aryl methyl sites for hydroxylation is 1. The number of nitrogens with zero attached hydrogens (tertiary/aromatic N) is 3. The zero-order chi connectivity index (χ0) is 11.4. The van der Waals surface area contributed by atoms with Gasteiger partial charge in [-0.15, -0.1) is 0 Å². The predicted octanol–water partition coefficient (Wildman–Crippen LogP) is 0.485. The summed E-state index contributed by atoms with van der Waals surface area (Å²) in [5.41, 5.74) is 1.14. The Kier molecular flexibility index (Phi) is 3.85. The Hall–Kier alpha value is -1.00.